The maximum atomic E-state index is 13.1. The van der Waals surface area contributed by atoms with E-state index in [4.69, 9.17) is 66.3 Å². The zero-order valence-electron chi connectivity index (χ0n) is 21.9. The number of hydrogen-bond acceptors (Lipinski definition) is 7. The van der Waals surface area contributed by atoms with Crippen LogP contribution in [0.3, 0.4) is 0 Å². The number of rotatable bonds is 6. The molecule has 1 aliphatic heterocycles. The van der Waals surface area contributed by atoms with Crippen molar-refractivity contribution in [1.29, 1.82) is 5.26 Å². The molecule has 4 aromatic carbocycles. The van der Waals surface area contributed by atoms with Crippen molar-refractivity contribution >= 4 is 73.8 Å². The van der Waals surface area contributed by atoms with E-state index in [-0.39, 0.29) is 27.1 Å². The number of nitrogens with zero attached hydrogens (tertiary/aromatic N) is 1. The van der Waals surface area contributed by atoms with Crippen molar-refractivity contribution < 1.29 is 19.0 Å². The number of halogens is 4. The van der Waals surface area contributed by atoms with Gasteiger partial charge in [0.15, 0.2) is 0 Å². The Kier molecular flexibility index (Phi) is 8.15. The molecule has 0 spiro atoms. The average molecular weight is 668 g/mol. The van der Waals surface area contributed by atoms with E-state index in [1.807, 2.05) is 48.5 Å². The van der Waals surface area contributed by atoms with Crippen molar-refractivity contribution in [3.05, 3.63) is 132 Å². The van der Waals surface area contributed by atoms with Gasteiger partial charge in [0.2, 0.25) is 5.88 Å². The van der Waals surface area contributed by atoms with E-state index < -0.39 is 11.9 Å². The van der Waals surface area contributed by atoms with Crippen LogP contribution < -0.4 is 19.9 Å². The van der Waals surface area contributed by atoms with Crippen LogP contribution in [0.4, 0.5) is 0 Å². The molecule has 0 bridgehead atoms. The minimum absolute atomic E-state index is 0.0365. The second-order valence-electron chi connectivity index (χ2n) is 9.50. The lowest BCUT2D eigenvalue weighted by Crippen LogP contribution is -2.21. The third-order valence-electron chi connectivity index (χ3n) is 6.77. The highest BCUT2D eigenvalue weighted by atomic mass is 35.5. The summed E-state index contributed by atoms with van der Waals surface area (Å²) in [6, 6.07) is 25.1. The molecule has 1 aliphatic rings. The summed E-state index contributed by atoms with van der Waals surface area (Å²) in [6.45, 7) is 0.377. The van der Waals surface area contributed by atoms with Gasteiger partial charge in [-0.2, -0.15) is 5.26 Å². The average Bonchev–Trinajstić information content (AvgIpc) is 3.32. The van der Waals surface area contributed by atoms with Gasteiger partial charge >= 0.3 is 5.97 Å². The Balaban J connectivity index is 1.24. The zero-order valence-corrected chi connectivity index (χ0v) is 25.7. The number of thiophene rings is 1. The van der Waals surface area contributed by atoms with Gasteiger partial charge in [0.1, 0.15) is 40.4 Å². The molecule has 0 saturated heterocycles. The Morgan fingerprint density at radius 1 is 0.930 bits per heavy atom. The Hall–Kier alpha value is -3.90. The first kappa shape index (κ1) is 29.2. The number of allylic oxidation sites excluding steroid dienone is 1. The normalized spacial score (nSPS) is 14.2. The number of hydrogen-bond donors (Lipinski definition) is 1. The van der Waals surface area contributed by atoms with Gasteiger partial charge in [0, 0.05) is 31.8 Å². The fraction of sp³-hybridized carbons (Fsp3) is 0.0625. The number of nitrogens with two attached hydrogens (primary N) is 1. The van der Waals surface area contributed by atoms with Gasteiger partial charge in [-0.1, -0.05) is 76.7 Å². The fourth-order valence-corrected chi connectivity index (χ4v) is 7.11. The molecule has 1 aromatic heterocycles. The molecule has 1 unspecified atom stereocenters. The van der Waals surface area contributed by atoms with Gasteiger partial charge in [-0.25, -0.2) is 4.79 Å². The Labute approximate surface area is 270 Å². The number of carbonyl (C=O) groups excluding carboxylic acids is 1. The van der Waals surface area contributed by atoms with E-state index in [0.29, 0.717) is 48.8 Å². The smallest absolute Gasteiger partial charge is 0.355 e. The molecule has 2 heterocycles. The van der Waals surface area contributed by atoms with Crippen molar-refractivity contribution in [1.82, 2.24) is 0 Å². The summed E-state index contributed by atoms with van der Waals surface area (Å²) < 4.78 is 18.0. The van der Waals surface area contributed by atoms with Crippen molar-refractivity contribution in [3.8, 4) is 23.3 Å². The second-order valence-corrected chi connectivity index (χ2v) is 12.2. The molecule has 6 nitrogen and oxygen atoms in total. The second kappa shape index (κ2) is 12.0. The quantitative estimate of drug-likeness (QED) is 0.143. The topological polar surface area (TPSA) is 94.6 Å². The number of esters is 1. The summed E-state index contributed by atoms with van der Waals surface area (Å²) in [4.78, 5) is 13.3. The summed E-state index contributed by atoms with van der Waals surface area (Å²) in [5.41, 5.74) is 8.90. The summed E-state index contributed by atoms with van der Waals surface area (Å²) >= 11 is 26.0. The summed E-state index contributed by atoms with van der Waals surface area (Å²) in [5, 5.41) is 12.1. The molecule has 0 saturated carbocycles. The number of carbonyl (C=O) groups is 1. The number of fused-ring (bicyclic) bond motifs is 2. The Bertz CT molecular complexity index is 1970. The van der Waals surface area contributed by atoms with Crippen LogP contribution in [0.2, 0.25) is 20.1 Å². The van der Waals surface area contributed by atoms with E-state index >= 15 is 0 Å². The first-order valence-corrected chi connectivity index (χ1v) is 15.0. The lowest BCUT2D eigenvalue weighted by atomic mass is 9.83. The van der Waals surface area contributed by atoms with Crippen molar-refractivity contribution in [3.63, 3.8) is 0 Å². The number of ether oxygens (including phenoxy) is 3. The monoisotopic (exact) mass is 666 g/mol. The molecule has 214 valence electrons. The predicted molar refractivity (Wildman–Crippen MR) is 170 cm³/mol. The highest BCUT2D eigenvalue weighted by molar-refractivity contribution is 7.21. The van der Waals surface area contributed by atoms with E-state index in [2.05, 4.69) is 6.07 Å². The zero-order chi connectivity index (χ0) is 30.2. The highest BCUT2D eigenvalue weighted by Crippen LogP contribution is 2.45. The number of benzene rings is 4. The van der Waals surface area contributed by atoms with Gasteiger partial charge in [-0.3, -0.25) is 0 Å². The van der Waals surface area contributed by atoms with E-state index in [1.165, 1.54) is 0 Å². The van der Waals surface area contributed by atoms with E-state index in [0.717, 1.165) is 22.5 Å². The van der Waals surface area contributed by atoms with Crippen LogP contribution in [0.15, 0.2) is 90.3 Å². The molecular weight excluding hydrogens is 650 g/mol. The largest absolute Gasteiger partial charge is 0.489 e. The molecule has 5 aromatic rings. The highest BCUT2D eigenvalue weighted by Gasteiger charge is 2.31. The SMILES string of the molecule is N#CC1=C(N)Oc2cc(OC(=O)c3sc4cc(Cl)cc(Cl)c4c3Cl)ccc2C1c1ccc(OCc2ccc(Cl)cc2)cc1. The Morgan fingerprint density at radius 3 is 2.37 bits per heavy atom. The third kappa shape index (κ3) is 5.85. The van der Waals surface area contributed by atoms with Crippen molar-refractivity contribution in [2.45, 2.75) is 12.5 Å². The van der Waals surface area contributed by atoms with E-state index in [9.17, 15) is 10.1 Å². The molecule has 43 heavy (non-hydrogen) atoms. The lowest BCUT2D eigenvalue weighted by molar-refractivity contribution is 0.0740. The summed E-state index contributed by atoms with van der Waals surface area (Å²) in [6.07, 6.45) is 0. The van der Waals surface area contributed by atoms with Crippen molar-refractivity contribution in [2.75, 3.05) is 0 Å². The maximum absolute atomic E-state index is 13.1. The standard InChI is InChI=1S/C32H18Cl4N2O4S/c33-18-5-1-16(2-6-18)15-40-20-7-3-17(4-8-20)27-22-10-9-21(13-25(22)42-31(38)23(27)14-37)41-32(39)30-29(36)28-24(35)11-19(34)12-26(28)43-30/h1-13,27H,15,38H2. The van der Waals surface area contributed by atoms with Crippen LogP contribution in [-0.2, 0) is 6.61 Å². The molecule has 0 radical (unpaired) electrons. The minimum Gasteiger partial charge on any atom is -0.489 e. The van der Waals surface area contributed by atoms with Gasteiger partial charge in [-0.05, 0) is 53.6 Å². The minimum atomic E-state index is -0.666. The molecule has 1 atom stereocenters. The molecular formula is C32H18Cl4N2O4S. The van der Waals surface area contributed by atoms with Crippen LogP contribution in [-0.4, -0.2) is 5.97 Å². The fourth-order valence-electron chi connectivity index (χ4n) is 4.74. The molecule has 0 aliphatic carbocycles. The van der Waals surface area contributed by atoms with Crippen molar-refractivity contribution in [2.24, 2.45) is 5.73 Å². The van der Waals surface area contributed by atoms with E-state index in [1.54, 1.807) is 30.3 Å². The van der Waals surface area contributed by atoms with Gasteiger partial charge in [-0.15, -0.1) is 11.3 Å². The first-order chi connectivity index (χ1) is 20.7. The number of nitriles is 1. The van der Waals surface area contributed by atoms with Crippen LogP contribution >= 0.6 is 57.7 Å². The van der Waals surface area contributed by atoms with Gasteiger partial charge < -0.3 is 19.9 Å². The third-order valence-corrected chi connectivity index (χ3v) is 9.14. The molecule has 6 rings (SSSR count). The van der Waals surface area contributed by atoms with Gasteiger partial charge in [0.25, 0.3) is 0 Å². The molecule has 11 heteroatoms. The molecule has 0 fully saturated rings. The molecule has 0 amide bonds. The van der Waals surface area contributed by atoms with Crippen LogP contribution in [0, 0.1) is 11.3 Å². The van der Waals surface area contributed by atoms with Crippen LogP contribution in [0.1, 0.15) is 32.3 Å². The maximum Gasteiger partial charge on any atom is 0.355 e. The molecule has 2 N–H and O–H groups in total. The predicted octanol–water partition coefficient (Wildman–Crippen LogP) is 9.53. The Morgan fingerprint density at radius 2 is 1.65 bits per heavy atom. The lowest BCUT2D eigenvalue weighted by Gasteiger charge is -2.26. The summed E-state index contributed by atoms with van der Waals surface area (Å²) in [7, 11) is 0. The van der Waals surface area contributed by atoms with Gasteiger partial charge in [0.05, 0.1) is 16.0 Å². The van der Waals surface area contributed by atoms with Crippen LogP contribution in [0.25, 0.3) is 10.1 Å². The van der Waals surface area contributed by atoms with Crippen LogP contribution in [0.5, 0.6) is 17.2 Å². The summed E-state index contributed by atoms with van der Waals surface area (Å²) in [5.74, 6) is 0.0121. The first-order valence-electron chi connectivity index (χ1n) is 12.7.